The van der Waals surface area contributed by atoms with Gasteiger partial charge in [-0.05, 0) is 37.0 Å². The number of methoxy groups -OCH3 is 1. The van der Waals surface area contributed by atoms with Gasteiger partial charge in [0.25, 0.3) is 0 Å². The summed E-state index contributed by atoms with van der Waals surface area (Å²) in [6.07, 6.45) is 9.42. The molecule has 0 atom stereocenters. The average molecular weight is 259 g/mol. The fourth-order valence-electron chi connectivity index (χ4n) is 1.85. The van der Waals surface area contributed by atoms with Gasteiger partial charge in [-0.2, -0.15) is 0 Å². The number of ether oxygens (including phenoxy) is 2. The van der Waals surface area contributed by atoms with E-state index in [1.807, 2.05) is 12.1 Å². The lowest BCUT2D eigenvalue weighted by Gasteiger charge is -2.12. The van der Waals surface area contributed by atoms with E-state index in [0.29, 0.717) is 12.6 Å². The van der Waals surface area contributed by atoms with Crippen LogP contribution in [0.2, 0.25) is 0 Å². The smallest absolute Gasteiger partial charge is 0.161 e. The molecule has 0 amide bonds. The van der Waals surface area contributed by atoms with E-state index >= 15 is 0 Å². The van der Waals surface area contributed by atoms with Crippen LogP contribution in [0.4, 0.5) is 0 Å². The molecule has 2 rings (SSSR count). The maximum atomic E-state index is 5.74. The minimum Gasteiger partial charge on any atom is -0.493 e. The van der Waals surface area contributed by atoms with Gasteiger partial charge < -0.3 is 14.8 Å². The molecule has 0 unspecified atom stereocenters. The van der Waals surface area contributed by atoms with Gasteiger partial charge in [-0.15, -0.1) is 12.3 Å². The van der Waals surface area contributed by atoms with E-state index in [-0.39, 0.29) is 0 Å². The predicted octanol–water partition coefficient (Wildman–Crippen LogP) is 2.74. The molecule has 19 heavy (non-hydrogen) atoms. The van der Waals surface area contributed by atoms with Crippen LogP contribution >= 0.6 is 0 Å². The van der Waals surface area contributed by atoms with Gasteiger partial charge in [0, 0.05) is 19.0 Å². The van der Waals surface area contributed by atoms with E-state index in [9.17, 15) is 0 Å². The Morgan fingerprint density at radius 1 is 1.37 bits per heavy atom. The zero-order valence-corrected chi connectivity index (χ0v) is 11.4. The number of terminal acetylenes is 1. The molecule has 1 aliphatic rings. The summed E-state index contributed by atoms with van der Waals surface area (Å²) in [5.41, 5.74) is 1.22. The Labute approximate surface area is 115 Å². The molecule has 1 aromatic rings. The highest BCUT2D eigenvalue weighted by Crippen LogP contribution is 2.28. The second-order valence-electron chi connectivity index (χ2n) is 4.80. The minimum absolute atomic E-state index is 0.625. The van der Waals surface area contributed by atoms with Gasteiger partial charge in [-0.25, -0.2) is 0 Å². The van der Waals surface area contributed by atoms with Crippen molar-refractivity contribution in [2.45, 2.75) is 38.3 Å². The third-order valence-electron chi connectivity index (χ3n) is 3.12. The Kier molecular flexibility index (Phi) is 5.11. The molecule has 1 aromatic carbocycles. The fourth-order valence-corrected chi connectivity index (χ4v) is 1.85. The fraction of sp³-hybridized carbons (Fsp3) is 0.500. The molecule has 3 nitrogen and oxygen atoms in total. The van der Waals surface area contributed by atoms with Gasteiger partial charge in [-0.1, -0.05) is 6.07 Å². The summed E-state index contributed by atoms with van der Waals surface area (Å²) in [4.78, 5) is 0. The van der Waals surface area contributed by atoms with Gasteiger partial charge in [0.2, 0.25) is 0 Å². The SMILES string of the molecule is C#CCCCOc1cc(CNC2CC2)ccc1OC. The molecule has 0 aromatic heterocycles. The number of hydrogen-bond donors (Lipinski definition) is 1. The maximum Gasteiger partial charge on any atom is 0.161 e. The van der Waals surface area contributed by atoms with Gasteiger partial charge >= 0.3 is 0 Å². The summed E-state index contributed by atoms with van der Waals surface area (Å²) in [5, 5.41) is 3.49. The van der Waals surface area contributed by atoms with Crippen LogP contribution in [0.5, 0.6) is 11.5 Å². The van der Waals surface area contributed by atoms with Crippen molar-refractivity contribution in [1.29, 1.82) is 0 Å². The van der Waals surface area contributed by atoms with Gasteiger partial charge in [0.15, 0.2) is 11.5 Å². The molecular formula is C16H21NO2. The highest BCUT2D eigenvalue weighted by atomic mass is 16.5. The van der Waals surface area contributed by atoms with Crippen LogP contribution in [0.3, 0.4) is 0 Å². The minimum atomic E-state index is 0.625. The van der Waals surface area contributed by atoms with Crippen LogP contribution in [0, 0.1) is 12.3 Å². The normalized spacial score (nSPS) is 13.9. The third-order valence-corrected chi connectivity index (χ3v) is 3.12. The van der Waals surface area contributed by atoms with Gasteiger partial charge in [0.05, 0.1) is 13.7 Å². The lowest BCUT2D eigenvalue weighted by atomic mass is 10.2. The number of nitrogens with one attached hydrogen (secondary N) is 1. The summed E-state index contributed by atoms with van der Waals surface area (Å²) in [6, 6.07) is 6.79. The number of hydrogen-bond acceptors (Lipinski definition) is 3. The van der Waals surface area contributed by atoms with Crippen LogP contribution < -0.4 is 14.8 Å². The van der Waals surface area contributed by atoms with Crippen LogP contribution in [0.15, 0.2) is 18.2 Å². The molecule has 3 heteroatoms. The van der Waals surface area contributed by atoms with Crippen molar-refractivity contribution in [1.82, 2.24) is 5.32 Å². The van der Waals surface area contributed by atoms with Crippen molar-refractivity contribution >= 4 is 0 Å². The predicted molar refractivity (Wildman–Crippen MR) is 76.4 cm³/mol. The first-order valence-corrected chi connectivity index (χ1v) is 6.80. The molecule has 1 aliphatic carbocycles. The molecule has 1 N–H and O–H groups in total. The zero-order valence-electron chi connectivity index (χ0n) is 11.4. The molecular weight excluding hydrogens is 238 g/mol. The lowest BCUT2D eigenvalue weighted by Crippen LogP contribution is -2.15. The van der Waals surface area contributed by atoms with E-state index < -0.39 is 0 Å². The standard InChI is InChI=1S/C16H21NO2/c1-3-4-5-10-19-16-11-13(6-9-15(16)18-2)12-17-14-7-8-14/h1,6,9,11,14,17H,4-5,7-8,10,12H2,2H3. The van der Waals surface area contributed by atoms with Crippen LogP contribution in [0.25, 0.3) is 0 Å². The molecule has 0 aliphatic heterocycles. The molecule has 0 bridgehead atoms. The zero-order chi connectivity index (χ0) is 13.5. The van der Waals surface area contributed by atoms with Crippen molar-refractivity contribution in [3.05, 3.63) is 23.8 Å². The topological polar surface area (TPSA) is 30.5 Å². The number of rotatable bonds is 8. The first-order chi connectivity index (χ1) is 9.33. The average Bonchev–Trinajstić information content (AvgIpc) is 3.26. The monoisotopic (exact) mass is 259 g/mol. The molecule has 0 saturated heterocycles. The van der Waals surface area contributed by atoms with Crippen molar-refractivity contribution in [2.24, 2.45) is 0 Å². The highest BCUT2D eigenvalue weighted by molar-refractivity contribution is 5.43. The number of unbranched alkanes of at least 4 members (excludes halogenated alkanes) is 1. The third kappa shape index (κ3) is 4.50. The summed E-state index contributed by atoms with van der Waals surface area (Å²) in [5.74, 6) is 4.19. The Morgan fingerprint density at radius 3 is 2.89 bits per heavy atom. The molecule has 102 valence electrons. The quantitative estimate of drug-likeness (QED) is 0.575. The second kappa shape index (κ2) is 7.06. The van der Waals surface area contributed by atoms with Crippen LogP contribution in [0.1, 0.15) is 31.2 Å². The summed E-state index contributed by atoms with van der Waals surface area (Å²) < 4.78 is 11.1. The first kappa shape index (κ1) is 13.8. The van der Waals surface area contributed by atoms with Gasteiger partial charge in [-0.3, -0.25) is 0 Å². The Morgan fingerprint density at radius 2 is 2.21 bits per heavy atom. The van der Waals surface area contributed by atoms with E-state index in [1.54, 1.807) is 7.11 Å². The first-order valence-electron chi connectivity index (χ1n) is 6.80. The largest absolute Gasteiger partial charge is 0.493 e. The second-order valence-corrected chi connectivity index (χ2v) is 4.80. The summed E-state index contributed by atoms with van der Waals surface area (Å²) in [7, 11) is 1.66. The van der Waals surface area contributed by atoms with Crippen LogP contribution in [-0.4, -0.2) is 19.8 Å². The van der Waals surface area contributed by atoms with Crippen molar-refractivity contribution < 1.29 is 9.47 Å². The molecule has 0 heterocycles. The van der Waals surface area contributed by atoms with E-state index in [2.05, 4.69) is 17.3 Å². The highest BCUT2D eigenvalue weighted by Gasteiger charge is 2.20. The van der Waals surface area contributed by atoms with E-state index in [1.165, 1.54) is 18.4 Å². The summed E-state index contributed by atoms with van der Waals surface area (Å²) >= 11 is 0. The molecule has 0 radical (unpaired) electrons. The molecule has 1 saturated carbocycles. The lowest BCUT2D eigenvalue weighted by molar-refractivity contribution is 0.290. The Bertz CT molecular complexity index is 447. The Hall–Kier alpha value is -1.66. The van der Waals surface area contributed by atoms with Crippen molar-refractivity contribution in [3.63, 3.8) is 0 Å². The number of benzene rings is 1. The Balaban J connectivity index is 1.92. The van der Waals surface area contributed by atoms with Crippen molar-refractivity contribution in [2.75, 3.05) is 13.7 Å². The summed E-state index contributed by atoms with van der Waals surface area (Å²) in [6.45, 7) is 1.51. The van der Waals surface area contributed by atoms with E-state index in [0.717, 1.165) is 30.9 Å². The van der Waals surface area contributed by atoms with Crippen molar-refractivity contribution in [3.8, 4) is 23.8 Å². The maximum absolute atomic E-state index is 5.74. The van der Waals surface area contributed by atoms with Gasteiger partial charge in [0.1, 0.15) is 0 Å². The molecule has 0 spiro atoms. The molecule has 1 fully saturated rings. The van der Waals surface area contributed by atoms with E-state index in [4.69, 9.17) is 15.9 Å². The van der Waals surface area contributed by atoms with Crippen LogP contribution in [-0.2, 0) is 6.54 Å².